The van der Waals surface area contributed by atoms with Crippen LogP contribution in [0.25, 0.3) is 0 Å². The zero-order valence-corrected chi connectivity index (χ0v) is 11.7. The maximum atomic E-state index is 4.53. The summed E-state index contributed by atoms with van der Waals surface area (Å²) in [6.45, 7) is 9.83. The van der Waals surface area contributed by atoms with Crippen molar-refractivity contribution in [2.75, 3.05) is 0 Å². The summed E-state index contributed by atoms with van der Waals surface area (Å²) in [7, 11) is 0. The first kappa shape index (κ1) is 13.5. The Kier molecular flexibility index (Phi) is 4.10. The van der Waals surface area contributed by atoms with Crippen molar-refractivity contribution in [3.8, 4) is 0 Å². The van der Waals surface area contributed by atoms with E-state index in [1.54, 1.807) is 6.20 Å². The van der Waals surface area contributed by atoms with Gasteiger partial charge in [0.1, 0.15) is 0 Å². The first-order valence-corrected chi connectivity index (χ1v) is 6.53. The predicted molar refractivity (Wildman–Crippen MR) is 79.4 cm³/mol. The Labute approximate surface area is 114 Å². The van der Waals surface area contributed by atoms with Crippen LogP contribution in [-0.4, -0.2) is 22.7 Å². The average molecular weight is 256 g/mol. The molecular weight excluding hydrogens is 236 g/mol. The molecule has 4 heteroatoms. The molecule has 0 aromatic carbocycles. The van der Waals surface area contributed by atoms with Crippen LogP contribution in [-0.2, 0) is 0 Å². The molecule has 1 saturated carbocycles. The maximum Gasteiger partial charge on any atom is 0.223 e. The van der Waals surface area contributed by atoms with Crippen molar-refractivity contribution >= 4 is 11.7 Å². The molecule has 1 aliphatic carbocycles. The highest BCUT2D eigenvalue weighted by Gasteiger charge is 2.33. The largest absolute Gasteiger partial charge is 0.351 e. The summed E-state index contributed by atoms with van der Waals surface area (Å²) in [4.78, 5) is 13.2. The highest BCUT2D eigenvalue weighted by molar-refractivity contribution is 6.04. The first-order valence-electron chi connectivity index (χ1n) is 6.53. The number of aromatic nitrogens is 1. The van der Waals surface area contributed by atoms with Crippen LogP contribution in [0.5, 0.6) is 0 Å². The molecule has 1 aromatic rings. The number of hydrogen-bond acceptors (Lipinski definition) is 2. The molecule has 2 rings (SSSR count). The summed E-state index contributed by atoms with van der Waals surface area (Å²) in [5.74, 6) is 1.32. The van der Waals surface area contributed by atoms with Crippen molar-refractivity contribution in [2.45, 2.75) is 33.2 Å². The highest BCUT2D eigenvalue weighted by Crippen LogP contribution is 2.29. The lowest BCUT2D eigenvalue weighted by Gasteiger charge is -2.06. The van der Waals surface area contributed by atoms with Crippen LogP contribution in [0.3, 0.4) is 0 Å². The smallest absolute Gasteiger partial charge is 0.223 e. The molecule has 2 atom stereocenters. The Morgan fingerprint density at radius 3 is 2.63 bits per heavy atom. The normalized spacial score (nSPS) is 23.1. The van der Waals surface area contributed by atoms with Gasteiger partial charge in [0.2, 0.25) is 5.96 Å². The van der Waals surface area contributed by atoms with Crippen LogP contribution in [0.2, 0.25) is 0 Å². The quantitative estimate of drug-likeness (QED) is 0.668. The summed E-state index contributed by atoms with van der Waals surface area (Å²) in [5.41, 5.74) is 2.46. The molecule has 1 heterocycles. The molecular formula is C15H20N4. The standard InChI is InChI=1S/C15H20N4/c1-10(2)17-15(19-14-9-11(14)3)18-12(4)13-7-5-6-8-16-13/h5-8,11,14H,1,9H2,2-4H3,(H,17,19)/b18-12+. The van der Waals surface area contributed by atoms with E-state index in [0.717, 1.165) is 17.1 Å². The van der Waals surface area contributed by atoms with Crippen LogP contribution >= 0.6 is 0 Å². The molecule has 0 saturated heterocycles. The average Bonchev–Trinajstić information content (AvgIpc) is 3.05. The molecule has 0 amide bonds. The molecule has 1 N–H and O–H groups in total. The van der Waals surface area contributed by atoms with E-state index < -0.39 is 0 Å². The molecule has 0 radical (unpaired) electrons. The SMILES string of the molecule is C=C(C)/N=C(\N=C(/C)c1ccccn1)NC1CC1C. The third kappa shape index (κ3) is 4.02. The third-order valence-corrected chi connectivity index (χ3v) is 3.03. The number of allylic oxidation sites excluding steroid dienone is 1. The number of hydrogen-bond donors (Lipinski definition) is 1. The van der Waals surface area contributed by atoms with Gasteiger partial charge in [-0.05, 0) is 38.3 Å². The van der Waals surface area contributed by atoms with Crippen molar-refractivity contribution in [1.29, 1.82) is 0 Å². The van der Waals surface area contributed by atoms with Crippen molar-refractivity contribution in [2.24, 2.45) is 15.9 Å². The molecule has 4 nitrogen and oxygen atoms in total. The number of guanidine groups is 1. The molecule has 0 bridgehead atoms. The van der Waals surface area contributed by atoms with E-state index in [4.69, 9.17) is 0 Å². The Balaban J connectivity index is 2.17. The third-order valence-electron chi connectivity index (χ3n) is 3.03. The van der Waals surface area contributed by atoms with E-state index in [-0.39, 0.29) is 0 Å². The minimum absolute atomic E-state index is 0.485. The fourth-order valence-corrected chi connectivity index (χ4v) is 1.75. The molecule has 1 fully saturated rings. The van der Waals surface area contributed by atoms with Gasteiger partial charge in [0, 0.05) is 17.9 Å². The van der Waals surface area contributed by atoms with E-state index in [9.17, 15) is 0 Å². The van der Waals surface area contributed by atoms with Crippen molar-refractivity contribution in [1.82, 2.24) is 10.3 Å². The summed E-state index contributed by atoms with van der Waals surface area (Å²) in [6.07, 6.45) is 2.94. The van der Waals surface area contributed by atoms with Gasteiger partial charge in [-0.1, -0.05) is 19.6 Å². The van der Waals surface area contributed by atoms with Crippen molar-refractivity contribution < 1.29 is 0 Å². The monoisotopic (exact) mass is 256 g/mol. The maximum absolute atomic E-state index is 4.53. The molecule has 100 valence electrons. The van der Waals surface area contributed by atoms with Gasteiger partial charge < -0.3 is 5.32 Å². The predicted octanol–water partition coefficient (Wildman–Crippen LogP) is 2.78. The van der Waals surface area contributed by atoms with Crippen LogP contribution in [0.4, 0.5) is 0 Å². The fraction of sp³-hybridized carbons (Fsp3) is 0.400. The number of rotatable bonds is 3. The summed E-state index contributed by atoms with van der Waals surface area (Å²) < 4.78 is 0. The Bertz CT molecular complexity index is 516. The van der Waals surface area contributed by atoms with Gasteiger partial charge >= 0.3 is 0 Å². The zero-order valence-electron chi connectivity index (χ0n) is 11.7. The Morgan fingerprint density at radius 2 is 2.11 bits per heavy atom. The molecule has 1 aromatic heterocycles. The first-order chi connectivity index (χ1) is 9.06. The van der Waals surface area contributed by atoms with Gasteiger partial charge in [-0.25, -0.2) is 9.98 Å². The number of nitrogens with one attached hydrogen (secondary N) is 1. The van der Waals surface area contributed by atoms with E-state index in [1.807, 2.05) is 32.0 Å². The molecule has 19 heavy (non-hydrogen) atoms. The number of pyridine rings is 1. The second-order valence-corrected chi connectivity index (χ2v) is 5.05. The van der Waals surface area contributed by atoms with Crippen LogP contribution in [0.1, 0.15) is 32.9 Å². The second-order valence-electron chi connectivity index (χ2n) is 5.05. The van der Waals surface area contributed by atoms with Crippen molar-refractivity contribution in [3.63, 3.8) is 0 Å². The second kappa shape index (κ2) is 5.78. The van der Waals surface area contributed by atoms with E-state index in [0.29, 0.717) is 17.9 Å². The van der Waals surface area contributed by atoms with Gasteiger partial charge in [-0.15, -0.1) is 0 Å². The van der Waals surface area contributed by atoms with Gasteiger partial charge in [0.15, 0.2) is 0 Å². The van der Waals surface area contributed by atoms with Crippen LogP contribution in [0.15, 0.2) is 46.7 Å². The summed E-state index contributed by atoms with van der Waals surface area (Å²) >= 11 is 0. The number of aliphatic imine (C=N–C) groups is 2. The molecule has 0 spiro atoms. The molecule has 2 unspecified atom stereocenters. The fourth-order valence-electron chi connectivity index (χ4n) is 1.75. The summed E-state index contributed by atoms with van der Waals surface area (Å²) in [5, 5.41) is 3.35. The topological polar surface area (TPSA) is 49.6 Å². The van der Waals surface area contributed by atoms with E-state index in [2.05, 4.69) is 33.8 Å². The lowest BCUT2D eigenvalue weighted by molar-refractivity contribution is 0.806. The van der Waals surface area contributed by atoms with Crippen LogP contribution in [0, 0.1) is 5.92 Å². The Morgan fingerprint density at radius 1 is 1.37 bits per heavy atom. The lowest BCUT2D eigenvalue weighted by atomic mass is 10.2. The van der Waals surface area contributed by atoms with Gasteiger partial charge in [-0.2, -0.15) is 0 Å². The van der Waals surface area contributed by atoms with E-state index in [1.165, 1.54) is 6.42 Å². The molecule has 1 aliphatic rings. The number of nitrogens with zero attached hydrogens (tertiary/aromatic N) is 3. The van der Waals surface area contributed by atoms with Gasteiger partial charge in [-0.3, -0.25) is 4.98 Å². The van der Waals surface area contributed by atoms with Gasteiger partial charge in [0.05, 0.1) is 11.4 Å². The van der Waals surface area contributed by atoms with Crippen LogP contribution < -0.4 is 5.32 Å². The van der Waals surface area contributed by atoms with Gasteiger partial charge in [0.25, 0.3) is 0 Å². The zero-order chi connectivity index (χ0) is 13.8. The minimum Gasteiger partial charge on any atom is -0.351 e. The summed E-state index contributed by atoms with van der Waals surface area (Å²) in [6, 6.07) is 6.27. The highest BCUT2D eigenvalue weighted by atomic mass is 15.2. The van der Waals surface area contributed by atoms with E-state index >= 15 is 0 Å². The lowest BCUT2D eigenvalue weighted by Crippen LogP contribution is -2.26. The molecule has 0 aliphatic heterocycles. The Hall–Kier alpha value is -1.97. The van der Waals surface area contributed by atoms with Crippen molar-refractivity contribution in [3.05, 3.63) is 42.4 Å². The minimum atomic E-state index is 0.485.